The Hall–Kier alpha value is -1.14. The first-order valence-electron chi connectivity index (χ1n) is 12.9. The van der Waals surface area contributed by atoms with Crippen LogP contribution < -0.4 is 0 Å². The van der Waals surface area contributed by atoms with Gasteiger partial charge in [0.2, 0.25) is 11.8 Å². The molecule has 0 radical (unpaired) electrons. The van der Waals surface area contributed by atoms with Crippen LogP contribution in [0.1, 0.15) is 71.6 Å². The normalized spacial score (nSPS) is 31.6. The molecular formula is C25H43N3O3. The van der Waals surface area contributed by atoms with Crippen molar-refractivity contribution >= 4 is 11.8 Å². The largest absolute Gasteiger partial charge is 0.378 e. The maximum atomic E-state index is 13.3. The zero-order chi connectivity index (χ0) is 21.8. The zero-order valence-corrected chi connectivity index (χ0v) is 19.8. The predicted molar refractivity (Wildman–Crippen MR) is 122 cm³/mol. The average Bonchev–Trinajstić information content (AvgIpc) is 2.79. The summed E-state index contributed by atoms with van der Waals surface area (Å²) < 4.78 is 5.38. The molecule has 4 aliphatic rings. The SMILES string of the molecule is CC(C)CCC(=O)N1C[C@@H]2CCCN3CCC[C@@H]([C@H]23)[C@H]1CCCC(=O)N1CCOCC1. The molecule has 0 bridgehead atoms. The number of morpholine rings is 1. The van der Waals surface area contributed by atoms with Crippen LogP contribution in [0, 0.1) is 17.8 Å². The van der Waals surface area contributed by atoms with E-state index in [1.807, 2.05) is 4.90 Å². The summed E-state index contributed by atoms with van der Waals surface area (Å²) in [5.41, 5.74) is 0. The van der Waals surface area contributed by atoms with Crippen LogP contribution in [0.5, 0.6) is 0 Å². The van der Waals surface area contributed by atoms with Crippen LogP contribution in [-0.4, -0.2) is 84.5 Å². The maximum Gasteiger partial charge on any atom is 0.222 e. The molecule has 4 heterocycles. The summed E-state index contributed by atoms with van der Waals surface area (Å²) in [6, 6.07) is 0.982. The lowest BCUT2D eigenvalue weighted by Crippen LogP contribution is -2.65. The predicted octanol–water partition coefficient (Wildman–Crippen LogP) is 3.15. The lowest BCUT2D eigenvalue weighted by Gasteiger charge is -2.57. The third-order valence-corrected chi connectivity index (χ3v) is 8.18. The highest BCUT2D eigenvalue weighted by Gasteiger charge is 2.49. The molecule has 0 aromatic rings. The Morgan fingerprint density at radius 2 is 1.71 bits per heavy atom. The Labute approximate surface area is 188 Å². The topological polar surface area (TPSA) is 53.1 Å². The number of amides is 2. The van der Waals surface area contributed by atoms with Gasteiger partial charge in [-0.3, -0.25) is 14.5 Å². The standard InChI is InChI=1S/C25H43N3O3/c1-19(2)10-11-24(30)28-18-20-6-4-12-27-13-5-7-21(25(20)27)22(28)8-3-9-23(29)26-14-16-31-17-15-26/h19-22,25H,3-18H2,1-2H3/t20-,21+,22+,25-/m0/s1. The number of likely N-dealkylation sites (tertiary alicyclic amines) is 1. The molecule has 0 unspecified atom stereocenters. The molecule has 0 aromatic carbocycles. The molecule has 4 fully saturated rings. The van der Waals surface area contributed by atoms with Crippen molar-refractivity contribution in [3.63, 3.8) is 0 Å². The second-order valence-electron chi connectivity index (χ2n) is 10.7. The Bertz CT molecular complexity index is 617. The van der Waals surface area contributed by atoms with Gasteiger partial charge < -0.3 is 14.5 Å². The number of piperidine rings is 3. The van der Waals surface area contributed by atoms with Crippen molar-refractivity contribution in [3.05, 3.63) is 0 Å². The fourth-order valence-corrected chi connectivity index (χ4v) is 6.64. The Kier molecular flexibility index (Phi) is 7.91. The van der Waals surface area contributed by atoms with Crippen molar-refractivity contribution < 1.29 is 14.3 Å². The summed E-state index contributed by atoms with van der Waals surface area (Å²) in [6.07, 6.45) is 9.17. The number of carbonyl (C=O) groups is 2. The molecule has 0 aliphatic carbocycles. The van der Waals surface area contributed by atoms with Crippen LogP contribution in [0.4, 0.5) is 0 Å². The molecule has 4 atom stereocenters. The number of carbonyl (C=O) groups excluding carboxylic acids is 2. The van der Waals surface area contributed by atoms with E-state index in [0.717, 1.165) is 38.9 Å². The van der Waals surface area contributed by atoms with E-state index in [9.17, 15) is 9.59 Å². The van der Waals surface area contributed by atoms with Gasteiger partial charge >= 0.3 is 0 Å². The van der Waals surface area contributed by atoms with Gasteiger partial charge in [-0.05, 0) is 75.8 Å². The van der Waals surface area contributed by atoms with Crippen molar-refractivity contribution in [2.75, 3.05) is 45.9 Å². The van der Waals surface area contributed by atoms with Crippen LogP contribution in [0.3, 0.4) is 0 Å². The average molecular weight is 434 g/mol. The van der Waals surface area contributed by atoms with Gasteiger partial charge in [-0.1, -0.05) is 13.8 Å². The molecule has 2 amide bonds. The van der Waals surface area contributed by atoms with Crippen molar-refractivity contribution in [2.24, 2.45) is 17.8 Å². The van der Waals surface area contributed by atoms with E-state index < -0.39 is 0 Å². The maximum absolute atomic E-state index is 13.3. The van der Waals surface area contributed by atoms with Crippen LogP contribution in [0.2, 0.25) is 0 Å². The molecular weight excluding hydrogens is 390 g/mol. The molecule has 31 heavy (non-hydrogen) atoms. The first-order valence-corrected chi connectivity index (χ1v) is 12.9. The van der Waals surface area contributed by atoms with E-state index in [0.29, 0.717) is 61.8 Å². The van der Waals surface area contributed by atoms with Crippen molar-refractivity contribution in [1.29, 1.82) is 0 Å². The highest BCUT2D eigenvalue weighted by Crippen LogP contribution is 2.43. The molecule has 6 heteroatoms. The molecule has 4 rings (SSSR count). The second-order valence-corrected chi connectivity index (χ2v) is 10.7. The van der Waals surface area contributed by atoms with Crippen LogP contribution in [0.25, 0.3) is 0 Å². The van der Waals surface area contributed by atoms with Gasteiger partial charge in [-0.2, -0.15) is 0 Å². The lowest BCUT2D eigenvalue weighted by molar-refractivity contribution is -0.146. The lowest BCUT2D eigenvalue weighted by atomic mass is 9.69. The van der Waals surface area contributed by atoms with Gasteiger partial charge in [0.1, 0.15) is 0 Å². The van der Waals surface area contributed by atoms with E-state index in [1.54, 1.807) is 0 Å². The van der Waals surface area contributed by atoms with E-state index in [1.165, 1.54) is 38.8 Å². The first-order chi connectivity index (χ1) is 15.0. The quantitative estimate of drug-likeness (QED) is 0.619. The Morgan fingerprint density at radius 3 is 2.45 bits per heavy atom. The number of hydrogen-bond acceptors (Lipinski definition) is 4. The minimum absolute atomic E-state index is 0.262. The summed E-state index contributed by atoms with van der Waals surface area (Å²) in [5.74, 6) is 2.42. The summed E-state index contributed by atoms with van der Waals surface area (Å²) in [7, 11) is 0. The van der Waals surface area contributed by atoms with Gasteiger partial charge in [0.25, 0.3) is 0 Å². The van der Waals surface area contributed by atoms with Gasteiger partial charge in [0.05, 0.1) is 13.2 Å². The molecule has 0 spiro atoms. The number of nitrogens with zero attached hydrogens (tertiary/aromatic N) is 3. The molecule has 6 nitrogen and oxygen atoms in total. The summed E-state index contributed by atoms with van der Waals surface area (Å²) >= 11 is 0. The van der Waals surface area contributed by atoms with E-state index in [2.05, 4.69) is 23.6 Å². The molecule has 176 valence electrons. The van der Waals surface area contributed by atoms with Gasteiger partial charge in [0, 0.05) is 44.6 Å². The number of rotatable bonds is 7. The van der Waals surface area contributed by atoms with Gasteiger partial charge in [0.15, 0.2) is 0 Å². The Morgan fingerprint density at radius 1 is 0.968 bits per heavy atom. The third kappa shape index (κ3) is 5.44. The minimum atomic E-state index is 0.262. The summed E-state index contributed by atoms with van der Waals surface area (Å²) in [6.45, 7) is 10.6. The fraction of sp³-hybridized carbons (Fsp3) is 0.920. The molecule has 4 aliphatic heterocycles. The van der Waals surface area contributed by atoms with Gasteiger partial charge in [-0.15, -0.1) is 0 Å². The van der Waals surface area contributed by atoms with Crippen molar-refractivity contribution in [2.45, 2.75) is 83.7 Å². The second kappa shape index (κ2) is 10.7. The molecule has 0 aromatic heterocycles. The van der Waals surface area contributed by atoms with Crippen molar-refractivity contribution in [3.8, 4) is 0 Å². The minimum Gasteiger partial charge on any atom is -0.378 e. The van der Waals surface area contributed by atoms with Crippen LogP contribution in [-0.2, 0) is 14.3 Å². The van der Waals surface area contributed by atoms with E-state index >= 15 is 0 Å². The Balaban J connectivity index is 1.42. The van der Waals surface area contributed by atoms with Gasteiger partial charge in [-0.25, -0.2) is 0 Å². The monoisotopic (exact) mass is 433 g/mol. The number of hydrogen-bond donors (Lipinski definition) is 0. The first kappa shape index (κ1) is 23.0. The van der Waals surface area contributed by atoms with E-state index in [-0.39, 0.29) is 5.91 Å². The molecule has 0 saturated carbocycles. The smallest absolute Gasteiger partial charge is 0.222 e. The zero-order valence-electron chi connectivity index (χ0n) is 19.8. The molecule has 4 saturated heterocycles. The summed E-state index contributed by atoms with van der Waals surface area (Å²) in [5, 5.41) is 0. The number of ether oxygens (including phenoxy) is 1. The van der Waals surface area contributed by atoms with Crippen LogP contribution >= 0.6 is 0 Å². The third-order valence-electron chi connectivity index (χ3n) is 8.18. The molecule has 0 N–H and O–H groups in total. The van der Waals surface area contributed by atoms with Crippen molar-refractivity contribution in [1.82, 2.24) is 14.7 Å². The fourth-order valence-electron chi connectivity index (χ4n) is 6.64. The highest BCUT2D eigenvalue weighted by molar-refractivity contribution is 5.77. The summed E-state index contributed by atoms with van der Waals surface area (Å²) in [4.78, 5) is 32.9. The van der Waals surface area contributed by atoms with Crippen LogP contribution in [0.15, 0.2) is 0 Å². The highest BCUT2D eigenvalue weighted by atomic mass is 16.5. The van der Waals surface area contributed by atoms with E-state index in [4.69, 9.17) is 4.74 Å².